The van der Waals surface area contributed by atoms with Crippen molar-refractivity contribution in [1.29, 1.82) is 0 Å². The summed E-state index contributed by atoms with van der Waals surface area (Å²) in [6, 6.07) is 0. The number of nitrogens with one attached hydrogen (secondary N) is 2. The van der Waals surface area contributed by atoms with Crippen LogP contribution in [0.2, 0.25) is 0 Å². The lowest BCUT2D eigenvalue weighted by molar-refractivity contribution is 0.798. The lowest BCUT2D eigenvalue weighted by Gasteiger charge is -2.12. The van der Waals surface area contributed by atoms with E-state index in [1.54, 1.807) is 0 Å². The first kappa shape index (κ1) is 14.8. The van der Waals surface area contributed by atoms with Crippen LogP contribution in [0.5, 0.6) is 0 Å². The highest BCUT2D eigenvalue weighted by atomic mass is 32.2. The monoisotopic (exact) mass is 292 g/mol. The van der Waals surface area contributed by atoms with Gasteiger partial charge in [0.25, 0.3) is 0 Å². The largest absolute Gasteiger partial charge is 0.370 e. The van der Waals surface area contributed by atoms with Crippen molar-refractivity contribution in [2.75, 3.05) is 11.9 Å². The molecule has 2 aromatic rings. The van der Waals surface area contributed by atoms with Crippen molar-refractivity contribution in [2.24, 2.45) is 0 Å². The minimum absolute atomic E-state index is 0.746. The van der Waals surface area contributed by atoms with Crippen LogP contribution in [0.1, 0.15) is 38.1 Å². The average molecular weight is 292 g/mol. The van der Waals surface area contributed by atoms with Crippen molar-refractivity contribution in [2.45, 2.75) is 50.2 Å². The van der Waals surface area contributed by atoms with Gasteiger partial charge in [0.1, 0.15) is 23.0 Å². The summed E-state index contributed by atoms with van der Waals surface area (Å²) in [6.07, 6.45) is 4.48. The van der Waals surface area contributed by atoms with E-state index in [1.165, 1.54) is 18.1 Å². The zero-order chi connectivity index (χ0) is 14.4. The van der Waals surface area contributed by atoms with Crippen molar-refractivity contribution in [3.05, 3.63) is 17.7 Å². The molecule has 20 heavy (non-hydrogen) atoms. The van der Waals surface area contributed by atoms with E-state index in [1.807, 2.05) is 6.92 Å². The number of H-pyrrole nitrogens is 1. The highest BCUT2D eigenvalue weighted by molar-refractivity contribution is 7.99. The van der Waals surface area contributed by atoms with E-state index in [9.17, 15) is 0 Å². The molecular weight excluding hydrogens is 272 g/mol. The predicted octanol–water partition coefficient (Wildman–Crippen LogP) is 2.83. The molecule has 0 radical (unpaired) electrons. The highest BCUT2D eigenvalue weighted by Crippen LogP contribution is 2.29. The van der Waals surface area contributed by atoms with Gasteiger partial charge in [0.15, 0.2) is 5.16 Å². The maximum absolute atomic E-state index is 4.63. The third-order valence-electron chi connectivity index (χ3n) is 2.75. The fourth-order valence-electron chi connectivity index (χ4n) is 1.73. The lowest BCUT2D eigenvalue weighted by Crippen LogP contribution is -2.08. The fraction of sp³-hybridized carbons (Fsp3) is 0.538. The Morgan fingerprint density at radius 3 is 2.75 bits per heavy atom. The van der Waals surface area contributed by atoms with Crippen LogP contribution in [-0.4, -0.2) is 31.7 Å². The van der Waals surface area contributed by atoms with E-state index in [4.69, 9.17) is 0 Å². The molecule has 2 heterocycles. The van der Waals surface area contributed by atoms with E-state index < -0.39 is 0 Å². The van der Waals surface area contributed by atoms with Gasteiger partial charge >= 0.3 is 0 Å². The Morgan fingerprint density at radius 1 is 1.25 bits per heavy atom. The van der Waals surface area contributed by atoms with E-state index in [2.05, 4.69) is 44.3 Å². The van der Waals surface area contributed by atoms with E-state index >= 15 is 0 Å². The molecule has 6 nitrogen and oxygen atoms in total. The van der Waals surface area contributed by atoms with Crippen LogP contribution in [0.3, 0.4) is 0 Å². The summed E-state index contributed by atoms with van der Waals surface area (Å²) in [5.41, 5.74) is 1.06. The Morgan fingerprint density at radius 2 is 2.10 bits per heavy atom. The molecular formula is C13H20N6S. The first-order valence-corrected chi connectivity index (χ1v) is 7.70. The molecule has 0 saturated heterocycles. The smallest absolute Gasteiger partial charge is 0.189 e. The SMILES string of the molecule is CCCNc1nc(CCC)nc(Sc2ncn[nH]2)c1C. The molecule has 7 heteroatoms. The highest BCUT2D eigenvalue weighted by Gasteiger charge is 2.12. The summed E-state index contributed by atoms with van der Waals surface area (Å²) in [4.78, 5) is 13.4. The molecule has 0 amide bonds. The van der Waals surface area contributed by atoms with E-state index in [0.717, 1.165) is 53.2 Å². The number of nitrogens with zero attached hydrogens (tertiary/aromatic N) is 4. The number of aryl methyl sites for hydroxylation is 1. The first-order valence-electron chi connectivity index (χ1n) is 6.89. The maximum atomic E-state index is 4.63. The fourth-order valence-corrected chi connectivity index (χ4v) is 2.51. The number of hydrogen-bond acceptors (Lipinski definition) is 6. The van der Waals surface area contributed by atoms with E-state index in [0.29, 0.717) is 0 Å². The molecule has 0 aliphatic rings. The van der Waals surface area contributed by atoms with Crippen molar-refractivity contribution < 1.29 is 0 Å². The second-order valence-electron chi connectivity index (χ2n) is 4.49. The number of hydrogen-bond donors (Lipinski definition) is 2. The molecule has 0 aliphatic heterocycles. The summed E-state index contributed by atoms with van der Waals surface area (Å²) < 4.78 is 0. The topological polar surface area (TPSA) is 79.4 Å². The maximum Gasteiger partial charge on any atom is 0.189 e. The normalized spacial score (nSPS) is 10.8. The summed E-state index contributed by atoms with van der Waals surface area (Å²) in [7, 11) is 0. The average Bonchev–Trinajstić information content (AvgIpc) is 2.94. The van der Waals surface area contributed by atoms with Gasteiger partial charge < -0.3 is 5.32 Å². The van der Waals surface area contributed by atoms with Gasteiger partial charge in [-0.15, -0.1) is 0 Å². The quantitative estimate of drug-likeness (QED) is 0.764. The van der Waals surface area contributed by atoms with Crippen LogP contribution < -0.4 is 5.32 Å². The minimum Gasteiger partial charge on any atom is -0.370 e. The molecule has 2 rings (SSSR count). The predicted molar refractivity (Wildman–Crippen MR) is 80.1 cm³/mol. The Labute approximate surface area is 123 Å². The first-order chi connectivity index (χ1) is 9.74. The second-order valence-corrected chi connectivity index (χ2v) is 5.47. The third-order valence-corrected chi connectivity index (χ3v) is 3.73. The van der Waals surface area contributed by atoms with Crippen LogP contribution in [0.25, 0.3) is 0 Å². The Kier molecular flexibility index (Phi) is 5.34. The summed E-state index contributed by atoms with van der Waals surface area (Å²) in [5, 5.41) is 11.8. The zero-order valence-corrected chi connectivity index (χ0v) is 12.9. The molecule has 0 unspecified atom stereocenters. The molecule has 0 bridgehead atoms. The van der Waals surface area contributed by atoms with Crippen LogP contribution >= 0.6 is 11.8 Å². The standard InChI is InChI=1S/C13H20N6S/c1-4-6-10-17-11(14-7-5-2)9(3)12(18-10)20-13-15-8-16-19-13/h8H,4-7H2,1-3H3,(H,14,17,18)(H,15,16,19). The molecule has 0 fully saturated rings. The minimum atomic E-state index is 0.746. The molecule has 2 aromatic heterocycles. The number of aromatic nitrogens is 5. The lowest BCUT2D eigenvalue weighted by atomic mass is 10.3. The van der Waals surface area contributed by atoms with Gasteiger partial charge in [0.05, 0.1) is 0 Å². The van der Waals surface area contributed by atoms with Crippen LogP contribution in [0.4, 0.5) is 5.82 Å². The van der Waals surface area contributed by atoms with Crippen molar-refractivity contribution >= 4 is 17.6 Å². The molecule has 0 saturated carbocycles. The van der Waals surface area contributed by atoms with E-state index in [-0.39, 0.29) is 0 Å². The second kappa shape index (κ2) is 7.23. The van der Waals surface area contributed by atoms with Crippen molar-refractivity contribution in [3.8, 4) is 0 Å². The molecule has 0 atom stereocenters. The van der Waals surface area contributed by atoms with Gasteiger partial charge in [-0.25, -0.2) is 15.0 Å². The van der Waals surface area contributed by atoms with Gasteiger partial charge in [-0.3, -0.25) is 5.10 Å². The summed E-state index contributed by atoms with van der Waals surface area (Å²) in [5.74, 6) is 1.80. The molecule has 108 valence electrons. The summed E-state index contributed by atoms with van der Waals surface area (Å²) >= 11 is 1.49. The van der Waals surface area contributed by atoms with Gasteiger partial charge in [0.2, 0.25) is 0 Å². The molecule has 2 N–H and O–H groups in total. The number of anilines is 1. The molecule has 0 aromatic carbocycles. The Hall–Kier alpha value is -1.63. The van der Waals surface area contributed by atoms with Gasteiger partial charge in [0, 0.05) is 18.5 Å². The van der Waals surface area contributed by atoms with Gasteiger partial charge in [-0.05, 0) is 31.5 Å². The Bertz CT molecular complexity index is 540. The number of aromatic amines is 1. The van der Waals surface area contributed by atoms with Crippen LogP contribution in [-0.2, 0) is 6.42 Å². The number of rotatable bonds is 7. The van der Waals surface area contributed by atoms with Gasteiger partial charge in [-0.1, -0.05) is 13.8 Å². The van der Waals surface area contributed by atoms with Crippen LogP contribution in [0, 0.1) is 6.92 Å². The van der Waals surface area contributed by atoms with Crippen molar-refractivity contribution in [1.82, 2.24) is 25.1 Å². The van der Waals surface area contributed by atoms with Crippen LogP contribution in [0.15, 0.2) is 16.5 Å². The van der Waals surface area contributed by atoms with Gasteiger partial charge in [-0.2, -0.15) is 5.10 Å². The molecule has 0 spiro atoms. The molecule has 0 aliphatic carbocycles. The summed E-state index contributed by atoms with van der Waals surface area (Å²) in [6.45, 7) is 7.22. The van der Waals surface area contributed by atoms with Crippen molar-refractivity contribution in [3.63, 3.8) is 0 Å². The third kappa shape index (κ3) is 3.69. The zero-order valence-electron chi connectivity index (χ0n) is 12.1. The Balaban J connectivity index is 2.29.